The Morgan fingerprint density at radius 1 is 1.33 bits per heavy atom. The van der Waals surface area contributed by atoms with Crippen LogP contribution in [0.4, 0.5) is 0 Å². The second-order valence-electron chi connectivity index (χ2n) is 3.71. The van der Waals surface area contributed by atoms with Crippen molar-refractivity contribution in [1.82, 2.24) is 0 Å². The lowest BCUT2D eigenvalue weighted by Crippen LogP contribution is -2.08. The first-order valence-electron chi connectivity index (χ1n) is 5.50. The van der Waals surface area contributed by atoms with E-state index >= 15 is 0 Å². The first-order chi connectivity index (χ1) is 7.24. The highest BCUT2D eigenvalue weighted by Crippen LogP contribution is 2.14. The zero-order valence-corrected chi connectivity index (χ0v) is 10.3. The summed E-state index contributed by atoms with van der Waals surface area (Å²) in [5, 5.41) is 0.178. The summed E-state index contributed by atoms with van der Waals surface area (Å²) in [5.41, 5.74) is 2.66. The lowest BCUT2D eigenvalue weighted by molar-refractivity contribution is 0.144. The van der Waals surface area contributed by atoms with E-state index in [1.165, 1.54) is 11.1 Å². The Morgan fingerprint density at radius 3 is 2.73 bits per heavy atom. The molecule has 0 aliphatic carbocycles. The van der Waals surface area contributed by atoms with E-state index in [1.54, 1.807) is 0 Å². The van der Waals surface area contributed by atoms with Crippen LogP contribution < -0.4 is 0 Å². The number of ether oxygens (including phenoxy) is 1. The van der Waals surface area contributed by atoms with Gasteiger partial charge >= 0.3 is 0 Å². The largest absolute Gasteiger partial charge is 0.382 e. The molecule has 0 saturated heterocycles. The summed E-state index contributed by atoms with van der Waals surface area (Å²) in [6.07, 6.45) is 1.85. The average Bonchev–Trinajstić information content (AvgIpc) is 2.22. The Kier molecular flexibility index (Phi) is 5.74. The molecule has 0 aliphatic rings. The third-order valence-electron chi connectivity index (χ3n) is 2.48. The quantitative estimate of drug-likeness (QED) is 0.532. The zero-order chi connectivity index (χ0) is 11.1. The van der Waals surface area contributed by atoms with Crippen molar-refractivity contribution in [2.75, 3.05) is 13.2 Å². The normalized spacial score (nSPS) is 12.7. The van der Waals surface area contributed by atoms with Gasteiger partial charge in [0.15, 0.2) is 0 Å². The fourth-order valence-electron chi connectivity index (χ4n) is 1.54. The van der Waals surface area contributed by atoms with Crippen molar-refractivity contribution >= 4 is 11.6 Å². The second-order valence-corrected chi connectivity index (χ2v) is 4.33. The summed E-state index contributed by atoms with van der Waals surface area (Å²) in [5.74, 6) is 0. The summed E-state index contributed by atoms with van der Waals surface area (Å²) < 4.78 is 5.29. The van der Waals surface area contributed by atoms with Crippen molar-refractivity contribution in [1.29, 1.82) is 0 Å². The number of aryl methyl sites for hydroxylation is 1. The number of benzene rings is 1. The Balaban J connectivity index is 2.37. The van der Waals surface area contributed by atoms with Crippen LogP contribution in [0.5, 0.6) is 0 Å². The second kappa shape index (κ2) is 6.86. The van der Waals surface area contributed by atoms with Crippen LogP contribution in [0.15, 0.2) is 24.3 Å². The van der Waals surface area contributed by atoms with Crippen molar-refractivity contribution in [2.24, 2.45) is 0 Å². The summed E-state index contributed by atoms with van der Waals surface area (Å²) in [6.45, 7) is 5.66. The first kappa shape index (κ1) is 12.5. The molecule has 1 unspecified atom stereocenters. The Bertz CT molecular complexity index is 286. The predicted molar refractivity (Wildman–Crippen MR) is 65.6 cm³/mol. The van der Waals surface area contributed by atoms with Crippen molar-refractivity contribution < 1.29 is 4.74 Å². The van der Waals surface area contributed by atoms with Gasteiger partial charge in [0, 0.05) is 18.6 Å². The first-order valence-corrected chi connectivity index (χ1v) is 5.94. The number of hydrogen-bond donors (Lipinski definition) is 0. The van der Waals surface area contributed by atoms with Crippen LogP contribution in [0.3, 0.4) is 0 Å². The zero-order valence-electron chi connectivity index (χ0n) is 9.50. The Morgan fingerprint density at radius 2 is 2.07 bits per heavy atom. The molecule has 0 aromatic heterocycles. The standard InChI is InChI=1S/C13H19ClO/c1-3-15-9-8-13(14)10-12-7-5-4-6-11(12)2/h4-7,13H,3,8-10H2,1-2H3. The smallest absolute Gasteiger partial charge is 0.0480 e. The van der Waals surface area contributed by atoms with E-state index < -0.39 is 0 Å². The maximum absolute atomic E-state index is 6.24. The minimum Gasteiger partial charge on any atom is -0.382 e. The Labute approximate surface area is 97.4 Å². The maximum Gasteiger partial charge on any atom is 0.0480 e. The minimum absolute atomic E-state index is 0.178. The van der Waals surface area contributed by atoms with E-state index in [-0.39, 0.29) is 5.38 Å². The summed E-state index contributed by atoms with van der Waals surface area (Å²) in [6, 6.07) is 8.39. The van der Waals surface area contributed by atoms with Gasteiger partial charge in [0.05, 0.1) is 0 Å². The molecule has 0 bridgehead atoms. The molecule has 0 aliphatic heterocycles. The molecule has 0 saturated carbocycles. The van der Waals surface area contributed by atoms with Gasteiger partial charge in [0.2, 0.25) is 0 Å². The fraction of sp³-hybridized carbons (Fsp3) is 0.538. The van der Waals surface area contributed by atoms with Crippen LogP contribution in [0.25, 0.3) is 0 Å². The van der Waals surface area contributed by atoms with Gasteiger partial charge < -0.3 is 4.74 Å². The highest BCUT2D eigenvalue weighted by atomic mass is 35.5. The monoisotopic (exact) mass is 226 g/mol. The molecule has 0 amide bonds. The number of halogens is 1. The van der Waals surface area contributed by atoms with E-state index in [9.17, 15) is 0 Å². The van der Waals surface area contributed by atoms with Crippen molar-refractivity contribution in [3.05, 3.63) is 35.4 Å². The third kappa shape index (κ3) is 4.67. The van der Waals surface area contributed by atoms with Crippen LogP contribution in [0.2, 0.25) is 0 Å². The van der Waals surface area contributed by atoms with Gasteiger partial charge in [-0.2, -0.15) is 0 Å². The lowest BCUT2D eigenvalue weighted by Gasteiger charge is -2.11. The molecule has 0 fully saturated rings. The molecule has 0 heterocycles. The van der Waals surface area contributed by atoms with Gasteiger partial charge in [-0.15, -0.1) is 11.6 Å². The molecule has 1 atom stereocenters. The van der Waals surface area contributed by atoms with E-state index in [0.717, 1.165) is 26.1 Å². The summed E-state index contributed by atoms with van der Waals surface area (Å²) in [4.78, 5) is 0. The van der Waals surface area contributed by atoms with Crippen molar-refractivity contribution in [2.45, 2.75) is 32.1 Å². The van der Waals surface area contributed by atoms with E-state index in [0.29, 0.717) is 0 Å². The third-order valence-corrected chi connectivity index (χ3v) is 2.85. The van der Waals surface area contributed by atoms with Crippen LogP contribution in [0, 0.1) is 6.92 Å². The highest BCUT2D eigenvalue weighted by Gasteiger charge is 2.07. The van der Waals surface area contributed by atoms with Gasteiger partial charge in [-0.3, -0.25) is 0 Å². The SMILES string of the molecule is CCOCCC(Cl)Cc1ccccc1C. The van der Waals surface area contributed by atoms with Crippen molar-refractivity contribution in [3.63, 3.8) is 0 Å². The predicted octanol–water partition coefficient (Wildman–Crippen LogP) is 3.57. The topological polar surface area (TPSA) is 9.23 Å². The van der Waals surface area contributed by atoms with Gasteiger partial charge in [-0.1, -0.05) is 24.3 Å². The maximum atomic E-state index is 6.24. The van der Waals surface area contributed by atoms with Gasteiger partial charge in [0.25, 0.3) is 0 Å². The summed E-state index contributed by atoms with van der Waals surface area (Å²) >= 11 is 6.24. The average molecular weight is 227 g/mol. The van der Waals surface area contributed by atoms with Crippen LogP contribution in [0.1, 0.15) is 24.5 Å². The molecule has 1 aromatic rings. The Hall–Kier alpha value is -0.530. The summed E-state index contributed by atoms with van der Waals surface area (Å²) in [7, 11) is 0. The molecule has 15 heavy (non-hydrogen) atoms. The fourth-order valence-corrected chi connectivity index (χ4v) is 1.79. The molecule has 2 heteroatoms. The van der Waals surface area contributed by atoms with Crippen LogP contribution >= 0.6 is 11.6 Å². The minimum atomic E-state index is 0.178. The number of alkyl halides is 1. The van der Waals surface area contributed by atoms with Crippen LogP contribution in [-0.4, -0.2) is 18.6 Å². The molecule has 1 aromatic carbocycles. The van der Waals surface area contributed by atoms with Crippen LogP contribution in [-0.2, 0) is 11.2 Å². The number of hydrogen-bond acceptors (Lipinski definition) is 1. The van der Waals surface area contributed by atoms with E-state index in [1.807, 2.05) is 6.92 Å². The molecule has 0 N–H and O–H groups in total. The molecule has 1 nitrogen and oxygen atoms in total. The van der Waals surface area contributed by atoms with Gasteiger partial charge in [-0.25, -0.2) is 0 Å². The molecule has 0 radical (unpaired) electrons. The molecular formula is C13H19ClO. The van der Waals surface area contributed by atoms with Crippen molar-refractivity contribution in [3.8, 4) is 0 Å². The highest BCUT2D eigenvalue weighted by molar-refractivity contribution is 6.20. The van der Waals surface area contributed by atoms with E-state index in [4.69, 9.17) is 16.3 Å². The van der Waals surface area contributed by atoms with E-state index in [2.05, 4.69) is 31.2 Å². The van der Waals surface area contributed by atoms with Gasteiger partial charge in [-0.05, 0) is 37.8 Å². The lowest BCUT2D eigenvalue weighted by atomic mass is 10.0. The number of rotatable bonds is 6. The molecule has 84 valence electrons. The van der Waals surface area contributed by atoms with Gasteiger partial charge in [0.1, 0.15) is 0 Å². The molecule has 0 spiro atoms. The molecule has 1 rings (SSSR count). The molecular weight excluding hydrogens is 208 g/mol.